The number of phenols is 1. The molecule has 26 heteroatoms. The summed E-state index contributed by atoms with van der Waals surface area (Å²) in [5.74, 6) is -2.09. The Kier molecular flexibility index (Phi) is 12.2. The first kappa shape index (κ1) is 43.2. The van der Waals surface area contributed by atoms with Crippen molar-refractivity contribution >= 4 is 52.4 Å². The van der Waals surface area contributed by atoms with E-state index in [-0.39, 0.29) is 57.7 Å². The summed E-state index contributed by atoms with van der Waals surface area (Å²) >= 11 is 0. The molecule has 2 aromatic carbocycles. The van der Waals surface area contributed by atoms with Gasteiger partial charge in [-0.05, 0) is 42.0 Å². The van der Waals surface area contributed by atoms with Crippen LogP contribution in [0.5, 0.6) is 5.75 Å². The third-order valence-electron chi connectivity index (χ3n) is 8.46. The summed E-state index contributed by atoms with van der Waals surface area (Å²) in [4.78, 5) is 101. The number of carbonyl (C=O) groups is 2. The highest BCUT2D eigenvalue weighted by Gasteiger charge is 2.43. The lowest BCUT2D eigenvalue weighted by molar-refractivity contribution is -0.0450. The average molecular weight is 882 g/mol. The van der Waals surface area contributed by atoms with Crippen molar-refractivity contribution < 1.29 is 80.5 Å². The van der Waals surface area contributed by atoms with Crippen molar-refractivity contribution in [2.45, 2.75) is 24.9 Å². The molecule has 3 heterocycles. The third-order valence-corrected chi connectivity index (χ3v) is 12.3. The number of aromatic hydroxyl groups is 1. The van der Waals surface area contributed by atoms with E-state index in [0.29, 0.717) is 16.5 Å². The number of carbonyl (C=O) groups excluding carboxylic acids is 1. The Bertz CT molecular complexity index is 2810. The molecule has 1 aromatic heterocycles. The average Bonchev–Trinajstić information content (AvgIpc) is 3.49. The quantitative estimate of drug-likeness (QED) is 0.0570. The second-order valence-electron chi connectivity index (χ2n) is 12.6. The molecule has 9 N–H and O–H groups in total. The topological polar surface area (TPSA) is 361 Å². The van der Waals surface area contributed by atoms with Crippen LogP contribution in [0.2, 0.25) is 0 Å². The minimum Gasteiger partial charge on any atom is -0.508 e. The minimum atomic E-state index is -5.81. The number of benzene rings is 3. The van der Waals surface area contributed by atoms with Gasteiger partial charge in [-0.25, -0.2) is 23.3 Å². The number of aromatic amines is 1. The molecule has 1 fully saturated rings. The van der Waals surface area contributed by atoms with E-state index in [9.17, 15) is 62.8 Å². The van der Waals surface area contributed by atoms with E-state index < -0.39 is 71.6 Å². The van der Waals surface area contributed by atoms with Gasteiger partial charge in [0.1, 0.15) is 29.4 Å². The number of phosphoric ester groups is 1. The van der Waals surface area contributed by atoms with E-state index in [4.69, 9.17) is 18.9 Å². The molecule has 23 nitrogen and oxygen atoms in total. The molecule has 1 aliphatic carbocycles. The van der Waals surface area contributed by atoms with Crippen LogP contribution in [0.1, 0.15) is 38.9 Å². The molecule has 0 bridgehead atoms. The Labute approximate surface area is 328 Å². The number of phenolic OH excluding ortho intramolecular Hbond substituents is 1. The predicted octanol–water partition coefficient (Wildman–Crippen LogP) is 2.25. The molecule has 1 amide bonds. The molecule has 2 aliphatic heterocycles. The number of aromatic carboxylic acids is 1. The first-order chi connectivity index (χ1) is 27.6. The van der Waals surface area contributed by atoms with Crippen molar-refractivity contribution in [2.24, 2.45) is 0 Å². The second-order valence-corrected chi connectivity index (χ2v) is 17.0. The molecule has 3 aliphatic rings. The zero-order chi connectivity index (χ0) is 43.0. The van der Waals surface area contributed by atoms with Crippen LogP contribution < -0.4 is 22.0 Å². The van der Waals surface area contributed by atoms with Gasteiger partial charge < -0.3 is 49.4 Å². The van der Waals surface area contributed by atoms with Crippen molar-refractivity contribution in [1.82, 2.24) is 14.9 Å². The maximum Gasteiger partial charge on any atom is 0.490 e. The van der Waals surface area contributed by atoms with Crippen LogP contribution in [0.4, 0.5) is 0 Å². The highest BCUT2D eigenvalue weighted by molar-refractivity contribution is 7.66. The normalized spacial score (nSPS) is 19.2. The van der Waals surface area contributed by atoms with Gasteiger partial charge >= 0.3 is 35.1 Å². The van der Waals surface area contributed by atoms with E-state index >= 15 is 0 Å². The molecular formula is C33H30N3O20P3. The number of amides is 1. The number of H-pyrrole nitrogens is 1. The molecule has 312 valence electrons. The number of hydrogen-bond donors (Lipinski definition) is 9. The number of rotatable bonds is 14. The van der Waals surface area contributed by atoms with E-state index in [2.05, 4.69) is 18.5 Å². The molecule has 6 rings (SSSR count). The molecule has 2 unspecified atom stereocenters. The van der Waals surface area contributed by atoms with Gasteiger partial charge in [0.25, 0.3) is 11.5 Å². The molecule has 3 aromatic rings. The van der Waals surface area contributed by atoms with Gasteiger partial charge in [-0.3, -0.25) is 28.5 Å². The standard InChI is InChI=1S/C33H30N3O20P3/c37-18-4-7-21-25(11-18)53-26-12-19(38)5-8-22(26)29(21)20-6-3-16(10-23(20)32(42)43)30(40)34-9-1-2-17-14-36(33(44)35-31(17)41)28-13-24(39)27(54-28)15-52-58(48,49)56-59(50,51)55-57(45,46)47/h1-8,10-12,14,24,27-28,37,39H,9,13,15H2,(H,34,40)(H,42,43)(H,48,49)(H,50,51)(H,35,41,44)(H2,45,46,47)/b2-1+/t24-,27+,28+/m0/s1. The van der Waals surface area contributed by atoms with Crippen molar-refractivity contribution in [3.05, 3.63) is 115 Å². The summed E-state index contributed by atoms with van der Waals surface area (Å²) in [6.45, 7) is -1.22. The van der Waals surface area contributed by atoms with Crippen LogP contribution in [0.25, 0.3) is 39.5 Å². The number of hydrogen-bond acceptors (Lipinski definition) is 15. The Morgan fingerprint density at radius 2 is 1.68 bits per heavy atom. The number of fused-ring (bicyclic) bond motifs is 2. The van der Waals surface area contributed by atoms with Gasteiger partial charge in [0.2, 0.25) is 0 Å². The fraction of sp³-hybridized carbons (Fsp3) is 0.182. The lowest BCUT2D eigenvalue weighted by atomic mass is 9.90. The van der Waals surface area contributed by atoms with E-state index in [0.717, 1.165) is 16.8 Å². The zero-order valence-corrected chi connectivity index (χ0v) is 32.2. The predicted molar refractivity (Wildman–Crippen MR) is 200 cm³/mol. The summed E-state index contributed by atoms with van der Waals surface area (Å²) in [5.41, 5.74) is -1.58. The molecular weight excluding hydrogens is 851 g/mol. The molecule has 59 heavy (non-hydrogen) atoms. The summed E-state index contributed by atoms with van der Waals surface area (Å²) in [6, 6.07) is 12.1. The minimum absolute atomic E-state index is 0.0564. The van der Waals surface area contributed by atoms with Crippen molar-refractivity contribution in [1.29, 1.82) is 0 Å². The van der Waals surface area contributed by atoms with Crippen LogP contribution >= 0.6 is 23.5 Å². The van der Waals surface area contributed by atoms with Crippen molar-refractivity contribution in [3.63, 3.8) is 0 Å². The summed E-state index contributed by atoms with van der Waals surface area (Å²) in [6.07, 6.45) is -1.02. The number of ether oxygens (including phenoxy) is 1. The first-order valence-electron chi connectivity index (χ1n) is 16.6. The first-order valence-corrected chi connectivity index (χ1v) is 21.1. The van der Waals surface area contributed by atoms with Crippen molar-refractivity contribution in [3.8, 4) is 28.2 Å². The van der Waals surface area contributed by atoms with Crippen LogP contribution in [-0.2, 0) is 31.6 Å². The zero-order valence-electron chi connectivity index (χ0n) is 29.5. The molecule has 0 saturated carbocycles. The SMILES string of the molecule is O=C(NC/C=C/c1cn([C@H]2C[C@H](O)[C@@H](COP(=O)(O)OP(=O)(O)OP(=O)(O)O)O2)c(=O)[nH]c1=O)c1ccc(-c2c3ccc(=O)cc-3oc3cc(O)ccc23)c(C(=O)O)c1. The monoisotopic (exact) mass is 881 g/mol. The van der Waals surface area contributed by atoms with E-state index in [1.54, 1.807) is 0 Å². The van der Waals surface area contributed by atoms with Gasteiger partial charge in [0.15, 0.2) is 5.43 Å². The number of aliphatic hydroxyl groups is 1. The Morgan fingerprint density at radius 3 is 2.39 bits per heavy atom. The lowest BCUT2D eigenvalue weighted by Crippen LogP contribution is -2.33. The number of phosphoric acid groups is 3. The Hall–Kier alpha value is -5.38. The van der Waals surface area contributed by atoms with Gasteiger partial charge in [0.05, 0.1) is 23.8 Å². The third kappa shape index (κ3) is 10.3. The molecule has 0 radical (unpaired) electrons. The maximum atomic E-state index is 13.1. The van der Waals surface area contributed by atoms with Crippen LogP contribution in [0, 0.1) is 0 Å². The number of nitrogens with zero attached hydrogens (tertiary/aromatic N) is 1. The van der Waals surface area contributed by atoms with Crippen LogP contribution in [0.3, 0.4) is 0 Å². The van der Waals surface area contributed by atoms with Crippen LogP contribution in [-0.4, -0.2) is 81.7 Å². The molecule has 0 spiro atoms. The van der Waals surface area contributed by atoms with Crippen molar-refractivity contribution in [2.75, 3.05) is 13.2 Å². The summed E-state index contributed by atoms with van der Waals surface area (Å²) in [5, 5.41) is 33.6. The largest absolute Gasteiger partial charge is 0.508 e. The van der Waals surface area contributed by atoms with E-state index in [1.807, 2.05) is 4.98 Å². The fourth-order valence-corrected chi connectivity index (χ4v) is 9.04. The molecule has 1 saturated heterocycles. The summed E-state index contributed by atoms with van der Waals surface area (Å²) in [7, 11) is -17.0. The van der Waals surface area contributed by atoms with Gasteiger partial charge in [-0.15, -0.1) is 0 Å². The number of carboxylic acid groups (broad SMARTS) is 1. The number of aliphatic hydroxyl groups excluding tert-OH is 1. The Balaban J connectivity index is 1.14. The fourth-order valence-electron chi connectivity index (χ4n) is 6.01. The number of nitrogens with one attached hydrogen (secondary N) is 2. The van der Waals surface area contributed by atoms with Gasteiger partial charge in [-0.1, -0.05) is 18.2 Å². The number of carboxylic acids is 1. The Morgan fingerprint density at radius 1 is 0.949 bits per heavy atom. The molecule has 5 atom stereocenters. The lowest BCUT2D eigenvalue weighted by Gasteiger charge is -2.19. The maximum absolute atomic E-state index is 13.1. The van der Waals surface area contributed by atoms with Gasteiger partial charge in [-0.2, -0.15) is 8.62 Å². The smallest absolute Gasteiger partial charge is 0.490 e. The van der Waals surface area contributed by atoms with Gasteiger partial charge in [0, 0.05) is 53.4 Å². The highest BCUT2D eigenvalue weighted by atomic mass is 31.3. The second kappa shape index (κ2) is 16.7. The number of aromatic nitrogens is 2. The van der Waals surface area contributed by atoms with E-state index in [1.165, 1.54) is 60.7 Å². The summed E-state index contributed by atoms with van der Waals surface area (Å²) < 4.78 is 58.3. The highest BCUT2D eigenvalue weighted by Crippen LogP contribution is 2.66. The van der Waals surface area contributed by atoms with Crippen LogP contribution in [0.15, 0.2) is 85.7 Å².